The molecule has 26 heavy (non-hydrogen) atoms. The van der Waals surface area contributed by atoms with Crippen LogP contribution in [-0.2, 0) is 11.2 Å². The van der Waals surface area contributed by atoms with Crippen LogP contribution >= 0.6 is 12.4 Å². The van der Waals surface area contributed by atoms with Crippen LogP contribution < -0.4 is 10.1 Å². The first kappa shape index (κ1) is 21.0. The van der Waals surface area contributed by atoms with Gasteiger partial charge in [-0.2, -0.15) is 0 Å². The van der Waals surface area contributed by atoms with Crippen molar-refractivity contribution in [1.29, 1.82) is 0 Å². The first-order valence-electron chi connectivity index (χ1n) is 9.97. The fraction of sp³-hybridized carbons (Fsp3) is 0.667. The number of nitrogens with one attached hydrogen (secondary N) is 1. The molecule has 2 aliphatic heterocycles. The molecule has 1 aromatic carbocycles. The van der Waals surface area contributed by atoms with E-state index in [0.29, 0.717) is 25.0 Å². The maximum atomic E-state index is 12.4. The molecule has 0 aliphatic carbocycles. The summed E-state index contributed by atoms with van der Waals surface area (Å²) in [6.07, 6.45) is 7.71. The zero-order valence-electron chi connectivity index (χ0n) is 15.9. The number of ether oxygens (including phenoxy) is 1. The highest BCUT2D eigenvalue weighted by Crippen LogP contribution is 2.24. The lowest BCUT2D eigenvalue weighted by molar-refractivity contribution is -0.133. The minimum Gasteiger partial charge on any atom is -0.494 e. The Morgan fingerprint density at radius 3 is 2.54 bits per heavy atom. The fourth-order valence-corrected chi connectivity index (χ4v) is 4.03. The van der Waals surface area contributed by atoms with Crippen molar-refractivity contribution >= 4 is 18.3 Å². The van der Waals surface area contributed by atoms with E-state index in [-0.39, 0.29) is 12.4 Å². The fourth-order valence-electron chi connectivity index (χ4n) is 4.03. The normalized spacial score (nSPS) is 20.7. The topological polar surface area (TPSA) is 41.6 Å². The molecule has 4 nitrogen and oxygen atoms in total. The van der Waals surface area contributed by atoms with Gasteiger partial charge in [-0.15, -0.1) is 12.4 Å². The molecule has 0 bridgehead atoms. The van der Waals surface area contributed by atoms with Crippen molar-refractivity contribution in [1.82, 2.24) is 10.2 Å². The molecule has 1 atom stereocenters. The monoisotopic (exact) mass is 380 g/mol. The molecule has 0 aromatic heterocycles. The molecule has 1 aromatic rings. The molecule has 1 N–H and O–H groups in total. The Hall–Kier alpha value is -1.26. The SMILES string of the molecule is CCOc1ccc(CCC2CCN(C(=O)CC3CCCN3)CC2)cc1.Cl. The van der Waals surface area contributed by atoms with Gasteiger partial charge in [-0.25, -0.2) is 0 Å². The maximum Gasteiger partial charge on any atom is 0.224 e. The predicted molar refractivity (Wildman–Crippen MR) is 108 cm³/mol. The summed E-state index contributed by atoms with van der Waals surface area (Å²) in [5.41, 5.74) is 1.38. The number of likely N-dealkylation sites (tertiary alicyclic amines) is 1. The third-order valence-corrected chi connectivity index (χ3v) is 5.63. The van der Waals surface area contributed by atoms with Gasteiger partial charge < -0.3 is 15.0 Å². The van der Waals surface area contributed by atoms with Gasteiger partial charge in [0.25, 0.3) is 0 Å². The molecule has 3 rings (SSSR count). The summed E-state index contributed by atoms with van der Waals surface area (Å²) in [5.74, 6) is 2.06. The van der Waals surface area contributed by atoms with Gasteiger partial charge in [-0.3, -0.25) is 4.79 Å². The molecule has 0 radical (unpaired) electrons. The number of carbonyl (C=O) groups excluding carboxylic acids is 1. The van der Waals surface area contributed by atoms with Gasteiger partial charge in [-0.1, -0.05) is 12.1 Å². The molecule has 1 amide bonds. The maximum absolute atomic E-state index is 12.4. The molecular weight excluding hydrogens is 348 g/mol. The lowest BCUT2D eigenvalue weighted by atomic mass is 9.90. The Morgan fingerprint density at radius 2 is 1.92 bits per heavy atom. The van der Waals surface area contributed by atoms with Crippen molar-refractivity contribution in [3.05, 3.63) is 29.8 Å². The van der Waals surface area contributed by atoms with Crippen LogP contribution in [0.3, 0.4) is 0 Å². The van der Waals surface area contributed by atoms with Crippen LogP contribution in [0.25, 0.3) is 0 Å². The summed E-state index contributed by atoms with van der Waals surface area (Å²) >= 11 is 0. The number of piperidine rings is 1. The van der Waals surface area contributed by atoms with Crippen molar-refractivity contribution in [2.45, 2.75) is 57.9 Å². The number of carbonyl (C=O) groups is 1. The van der Waals surface area contributed by atoms with E-state index in [9.17, 15) is 4.79 Å². The van der Waals surface area contributed by atoms with Crippen LogP contribution in [0.4, 0.5) is 0 Å². The number of amides is 1. The van der Waals surface area contributed by atoms with E-state index in [1.54, 1.807) is 0 Å². The van der Waals surface area contributed by atoms with Crippen LogP contribution in [0, 0.1) is 5.92 Å². The quantitative estimate of drug-likeness (QED) is 0.781. The standard InChI is InChI=1S/C21H32N2O2.ClH/c1-2-25-20-9-7-17(8-10-20)5-6-18-11-14-23(15-12-18)21(24)16-19-4-3-13-22-19;/h7-10,18-19,22H,2-6,11-16H2,1H3;1H. The van der Waals surface area contributed by atoms with Gasteiger partial charge in [0.15, 0.2) is 0 Å². The van der Waals surface area contributed by atoms with Crippen molar-refractivity contribution in [2.75, 3.05) is 26.2 Å². The van der Waals surface area contributed by atoms with E-state index < -0.39 is 0 Å². The Labute approximate surface area is 164 Å². The Bertz CT molecular complexity index is 535. The van der Waals surface area contributed by atoms with Gasteiger partial charge in [-0.05, 0) is 75.6 Å². The summed E-state index contributed by atoms with van der Waals surface area (Å²) < 4.78 is 5.50. The van der Waals surface area contributed by atoms with Crippen LogP contribution in [0.1, 0.15) is 51.0 Å². The molecule has 0 saturated carbocycles. The molecule has 0 spiro atoms. The smallest absolute Gasteiger partial charge is 0.224 e. The van der Waals surface area contributed by atoms with E-state index in [0.717, 1.165) is 57.0 Å². The highest BCUT2D eigenvalue weighted by molar-refractivity contribution is 5.85. The van der Waals surface area contributed by atoms with Gasteiger partial charge in [0, 0.05) is 25.6 Å². The zero-order chi connectivity index (χ0) is 17.5. The summed E-state index contributed by atoms with van der Waals surface area (Å²) in [7, 11) is 0. The second-order valence-electron chi connectivity index (χ2n) is 7.44. The van der Waals surface area contributed by atoms with E-state index in [4.69, 9.17) is 4.74 Å². The zero-order valence-corrected chi connectivity index (χ0v) is 16.7. The molecule has 2 aliphatic rings. The summed E-state index contributed by atoms with van der Waals surface area (Å²) in [5, 5.41) is 3.43. The van der Waals surface area contributed by atoms with Gasteiger partial charge in [0.05, 0.1) is 6.61 Å². The lowest BCUT2D eigenvalue weighted by Crippen LogP contribution is -2.41. The second-order valence-corrected chi connectivity index (χ2v) is 7.44. The molecule has 5 heteroatoms. The number of benzene rings is 1. The van der Waals surface area contributed by atoms with E-state index in [1.165, 1.54) is 18.4 Å². The highest BCUT2D eigenvalue weighted by atomic mass is 35.5. The molecule has 2 saturated heterocycles. The van der Waals surface area contributed by atoms with Crippen molar-refractivity contribution in [3.63, 3.8) is 0 Å². The number of hydrogen-bond acceptors (Lipinski definition) is 3. The highest BCUT2D eigenvalue weighted by Gasteiger charge is 2.25. The average molecular weight is 381 g/mol. The summed E-state index contributed by atoms with van der Waals surface area (Å²) in [4.78, 5) is 14.5. The first-order valence-corrected chi connectivity index (χ1v) is 9.97. The van der Waals surface area contributed by atoms with Crippen LogP contribution in [0.15, 0.2) is 24.3 Å². The predicted octanol–water partition coefficient (Wildman–Crippen LogP) is 3.82. The van der Waals surface area contributed by atoms with Crippen LogP contribution in [0.2, 0.25) is 0 Å². The molecule has 1 unspecified atom stereocenters. The van der Waals surface area contributed by atoms with Gasteiger partial charge in [0.1, 0.15) is 5.75 Å². The van der Waals surface area contributed by atoms with Gasteiger partial charge in [0.2, 0.25) is 5.91 Å². The summed E-state index contributed by atoms with van der Waals surface area (Å²) in [6, 6.07) is 8.91. The molecule has 2 fully saturated rings. The van der Waals surface area contributed by atoms with E-state index in [1.807, 2.05) is 6.92 Å². The van der Waals surface area contributed by atoms with Gasteiger partial charge >= 0.3 is 0 Å². The van der Waals surface area contributed by atoms with Crippen LogP contribution in [-0.4, -0.2) is 43.1 Å². The average Bonchev–Trinajstić information content (AvgIpc) is 3.15. The van der Waals surface area contributed by atoms with E-state index in [2.05, 4.69) is 34.5 Å². The number of aryl methyl sites for hydroxylation is 1. The number of nitrogens with zero attached hydrogens (tertiary/aromatic N) is 1. The lowest BCUT2D eigenvalue weighted by Gasteiger charge is -2.32. The number of halogens is 1. The van der Waals surface area contributed by atoms with Crippen molar-refractivity contribution < 1.29 is 9.53 Å². The third-order valence-electron chi connectivity index (χ3n) is 5.63. The Kier molecular flexibility index (Phi) is 8.73. The largest absolute Gasteiger partial charge is 0.494 e. The second kappa shape index (κ2) is 10.8. The Morgan fingerprint density at radius 1 is 1.19 bits per heavy atom. The first-order chi connectivity index (χ1) is 12.2. The van der Waals surface area contributed by atoms with Crippen molar-refractivity contribution in [3.8, 4) is 5.75 Å². The van der Waals surface area contributed by atoms with Crippen LogP contribution in [0.5, 0.6) is 5.75 Å². The molecule has 146 valence electrons. The van der Waals surface area contributed by atoms with E-state index >= 15 is 0 Å². The Balaban J connectivity index is 0.00000243. The summed E-state index contributed by atoms with van der Waals surface area (Å²) in [6.45, 7) is 5.69. The number of rotatable bonds is 7. The minimum atomic E-state index is 0. The molecular formula is C21H33ClN2O2. The minimum absolute atomic E-state index is 0. The number of hydrogen-bond donors (Lipinski definition) is 1. The molecule has 2 heterocycles. The third kappa shape index (κ3) is 6.17. The van der Waals surface area contributed by atoms with Crippen molar-refractivity contribution in [2.24, 2.45) is 5.92 Å².